The SMILES string of the molecule is C=O.COCCNCC1(C(=O)NO)CCC(CO)N1S(=O)N1CCC(Oc2ccc(Cl)cc2)CC1. The average molecular weight is 535 g/mol. The van der Waals surface area contributed by atoms with Crippen molar-refractivity contribution in [2.75, 3.05) is 46.5 Å². The summed E-state index contributed by atoms with van der Waals surface area (Å²) in [6, 6.07) is 6.73. The molecule has 11 nitrogen and oxygen atoms in total. The number of methoxy groups -OCH3 is 1. The summed E-state index contributed by atoms with van der Waals surface area (Å²) in [6.07, 6.45) is 2.14. The first-order valence-corrected chi connectivity index (χ1v) is 12.8. The van der Waals surface area contributed by atoms with Crippen LogP contribution < -0.4 is 15.5 Å². The van der Waals surface area contributed by atoms with Crippen molar-refractivity contribution in [1.29, 1.82) is 0 Å². The Morgan fingerprint density at radius 3 is 2.49 bits per heavy atom. The van der Waals surface area contributed by atoms with Crippen LogP contribution >= 0.6 is 11.6 Å². The summed E-state index contributed by atoms with van der Waals surface area (Å²) in [5, 5.41) is 23.2. The number of aliphatic hydroxyl groups is 1. The number of nitrogens with one attached hydrogen (secondary N) is 2. The summed E-state index contributed by atoms with van der Waals surface area (Å²) in [5.74, 6) is 0.0947. The number of piperidine rings is 1. The van der Waals surface area contributed by atoms with Crippen LogP contribution in [0.4, 0.5) is 0 Å². The molecule has 35 heavy (non-hydrogen) atoms. The predicted octanol–water partition coefficient (Wildman–Crippen LogP) is 0.514. The van der Waals surface area contributed by atoms with Gasteiger partial charge in [0, 0.05) is 44.4 Å². The molecular weight excluding hydrogens is 500 g/mol. The van der Waals surface area contributed by atoms with Gasteiger partial charge in [0.1, 0.15) is 24.2 Å². The van der Waals surface area contributed by atoms with Crippen LogP contribution in [0.2, 0.25) is 5.02 Å². The van der Waals surface area contributed by atoms with Gasteiger partial charge in [-0.2, -0.15) is 4.31 Å². The fraction of sp³-hybridized carbons (Fsp3) is 0.636. The van der Waals surface area contributed by atoms with Gasteiger partial charge in [-0.05, 0) is 49.9 Å². The number of benzene rings is 1. The number of hydrogen-bond donors (Lipinski definition) is 4. The molecule has 198 valence electrons. The molecule has 2 fully saturated rings. The van der Waals surface area contributed by atoms with Crippen LogP contribution in [0.3, 0.4) is 0 Å². The van der Waals surface area contributed by atoms with Crippen molar-refractivity contribution in [3.8, 4) is 5.75 Å². The fourth-order valence-corrected chi connectivity index (χ4v) is 6.26. The van der Waals surface area contributed by atoms with Gasteiger partial charge in [-0.1, -0.05) is 11.6 Å². The standard InChI is InChI=1S/C21H33ClN4O6S.CH2O/c1-31-13-10-23-15-21(20(28)24-29)9-6-17(14-27)26(21)33(30)25-11-7-19(8-12-25)32-18-4-2-16(22)3-5-18;1-2/h2-5,17,19,23,27,29H,6-15H2,1H3,(H,24,28);1H2. The van der Waals surface area contributed by atoms with Gasteiger partial charge in [0.25, 0.3) is 5.91 Å². The van der Waals surface area contributed by atoms with Crippen molar-refractivity contribution >= 4 is 35.5 Å². The molecule has 2 aliphatic heterocycles. The molecule has 4 N–H and O–H groups in total. The zero-order valence-electron chi connectivity index (χ0n) is 19.9. The van der Waals surface area contributed by atoms with Crippen molar-refractivity contribution in [3.05, 3.63) is 29.3 Å². The number of ether oxygens (including phenoxy) is 2. The van der Waals surface area contributed by atoms with E-state index in [9.17, 15) is 19.3 Å². The van der Waals surface area contributed by atoms with E-state index in [1.54, 1.807) is 33.3 Å². The summed E-state index contributed by atoms with van der Waals surface area (Å²) in [7, 11) is 1.58. The number of carbonyl (C=O) groups is 2. The van der Waals surface area contributed by atoms with E-state index >= 15 is 0 Å². The number of carbonyl (C=O) groups excluding carboxylic acids is 2. The molecule has 1 aromatic rings. The molecule has 0 aromatic heterocycles. The number of amides is 1. The van der Waals surface area contributed by atoms with E-state index in [-0.39, 0.29) is 19.3 Å². The van der Waals surface area contributed by atoms with Crippen LogP contribution in [-0.4, -0.2) is 100 Å². The van der Waals surface area contributed by atoms with Crippen molar-refractivity contribution < 1.29 is 33.6 Å². The van der Waals surface area contributed by atoms with E-state index in [1.165, 1.54) is 0 Å². The zero-order valence-corrected chi connectivity index (χ0v) is 21.4. The van der Waals surface area contributed by atoms with Gasteiger partial charge in [-0.3, -0.25) is 10.0 Å². The van der Waals surface area contributed by atoms with Gasteiger partial charge in [0.15, 0.2) is 11.2 Å². The third kappa shape index (κ3) is 7.43. The Morgan fingerprint density at radius 2 is 1.91 bits per heavy atom. The number of hydrogen-bond acceptors (Lipinski definition) is 8. The lowest BCUT2D eigenvalue weighted by atomic mass is 9.96. The minimum atomic E-state index is -1.68. The van der Waals surface area contributed by atoms with Gasteiger partial charge in [-0.15, -0.1) is 0 Å². The molecule has 0 radical (unpaired) electrons. The summed E-state index contributed by atoms with van der Waals surface area (Å²) < 4.78 is 28.1. The minimum absolute atomic E-state index is 0.0205. The van der Waals surface area contributed by atoms with Crippen molar-refractivity contribution in [2.24, 2.45) is 0 Å². The third-order valence-electron chi connectivity index (χ3n) is 6.19. The molecular formula is C22H35ClN4O7S. The lowest BCUT2D eigenvalue weighted by Crippen LogP contribution is -2.64. The lowest BCUT2D eigenvalue weighted by Gasteiger charge is -2.41. The predicted molar refractivity (Wildman–Crippen MR) is 131 cm³/mol. The number of halogens is 1. The summed E-state index contributed by atoms with van der Waals surface area (Å²) in [6.45, 7) is 3.89. The molecule has 1 amide bonds. The second-order valence-electron chi connectivity index (χ2n) is 8.27. The maximum Gasteiger partial charge on any atom is 0.266 e. The quantitative estimate of drug-likeness (QED) is 0.183. The first-order chi connectivity index (χ1) is 16.9. The molecule has 0 bridgehead atoms. The highest BCUT2D eigenvalue weighted by Crippen LogP contribution is 2.37. The Hall–Kier alpha value is -1.64. The molecule has 3 unspecified atom stereocenters. The largest absolute Gasteiger partial charge is 0.490 e. The Morgan fingerprint density at radius 1 is 1.26 bits per heavy atom. The van der Waals surface area contributed by atoms with Crippen molar-refractivity contribution in [3.63, 3.8) is 0 Å². The van der Waals surface area contributed by atoms with E-state index in [0.717, 1.165) is 5.75 Å². The van der Waals surface area contributed by atoms with Crippen LogP contribution in [0.1, 0.15) is 25.7 Å². The van der Waals surface area contributed by atoms with E-state index < -0.39 is 28.7 Å². The van der Waals surface area contributed by atoms with Crippen LogP contribution in [0.15, 0.2) is 24.3 Å². The Bertz CT molecular complexity index is 813. The zero-order chi connectivity index (χ0) is 25.8. The normalized spacial score (nSPS) is 24.4. The average Bonchev–Trinajstić information content (AvgIpc) is 3.28. The molecule has 0 saturated carbocycles. The van der Waals surface area contributed by atoms with Gasteiger partial charge < -0.3 is 24.7 Å². The highest BCUT2D eigenvalue weighted by Gasteiger charge is 2.55. The van der Waals surface area contributed by atoms with Gasteiger partial charge in [0.2, 0.25) is 0 Å². The highest BCUT2D eigenvalue weighted by atomic mass is 35.5. The monoisotopic (exact) mass is 534 g/mol. The van der Waals surface area contributed by atoms with Gasteiger partial charge in [0.05, 0.1) is 13.2 Å². The minimum Gasteiger partial charge on any atom is -0.490 e. The van der Waals surface area contributed by atoms with Crippen LogP contribution in [-0.2, 0) is 25.5 Å². The molecule has 2 aliphatic rings. The molecule has 0 spiro atoms. The summed E-state index contributed by atoms with van der Waals surface area (Å²) in [4.78, 5) is 20.8. The second-order valence-corrected chi connectivity index (χ2v) is 10.1. The van der Waals surface area contributed by atoms with Crippen molar-refractivity contribution in [2.45, 2.75) is 43.4 Å². The number of aliphatic hydroxyl groups excluding tert-OH is 1. The molecule has 2 saturated heterocycles. The molecule has 3 atom stereocenters. The van der Waals surface area contributed by atoms with Crippen LogP contribution in [0.25, 0.3) is 0 Å². The smallest absolute Gasteiger partial charge is 0.266 e. The van der Waals surface area contributed by atoms with E-state index in [1.807, 2.05) is 18.9 Å². The number of hydroxylamine groups is 1. The second kappa shape index (κ2) is 14.8. The molecule has 13 heteroatoms. The molecule has 3 rings (SSSR count). The van der Waals surface area contributed by atoms with E-state index in [4.69, 9.17) is 25.9 Å². The number of nitrogens with zero attached hydrogens (tertiary/aromatic N) is 2. The first kappa shape index (κ1) is 29.6. The maximum absolute atomic E-state index is 13.7. The Labute approximate surface area is 213 Å². The van der Waals surface area contributed by atoms with Gasteiger partial charge in [-0.25, -0.2) is 14.0 Å². The topological polar surface area (TPSA) is 141 Å². The first-order valence-electron chi connectivity index (χ1n) is 11.4. The molecule has 2 heterocycles. The summed E-state index contributed by atoms with van der Waals surface area (Å²) >= 11 is 4.24. The van der Waals surface area contributed by atoms with Crippen LogP contribution in [0, 0.1) is 0 Å². The fourth-order valence-electron chi connectivity index (χ4n) is 4.39. The molecule has 1 aromatic carbocycles. The molecule has 0 aliphatic carbocycles. The summed E-state index contributed by atoms with van der Waals surface area (Å²) in [5.41, 5.74) is 0.491. The van der Waals surface area contributed by atoms with E-state index in [0.29, 0.717) is 56.9 Å². The van der Waals surface area contributed by atoms with Crippen LogP contribution in [0.5, 0.6) is 5.75 Å². The Balaban J connectivity index is 0.00000210. The Kier molecular flexibility index (Phi) is 12.5. The maximum atomic E-state index is 13.7. The highest BCUT2D eigenvalue weighted by molar-refractivity contribution is 7.80. The third-order valence-corrected chi connectivity index (χ3v) is 8.23. The van der Waals surface area contributed by atoms with Crippen molar-refractivity contribution in [1.82, 2.24) is 19.4 Å². The number of rotatable bonds is 11. The van der Waals surface area contributed by atoms with Gasteiger partial charge >= 0.3 is 0 Å². The lowest BCUT2D eigenvalue weighted by molar-refractivity contribution is -0.138. The van der Waals surface area contributed by atoms with E-state index in [2.05, 4.69) is 5.32 Å².